The predicted octanol–water partition coefficient (Wildman–Crippen LogP) is 4.26. The molecule has 1 saturated heterocycles. The van der Waals surface area contributed by atoms with Gasteiger partial charge in [0.25, 0.3) is 5.91 Å². The van der Waals surface area contributed by atoms with Crippen LogP contribution in [0.3, 0.4) is 0 Å². The van der Waals surface area contributed by atoms with Crippen LogP contribution in [0.4, 0.5) is 13.2 Å². The number of pyridine rings is 2. The maximum Gasteiger partial charge on any atom is 0.452 e. The lowest BCUT2D eigenvalue weighted by atomic mass is 9.70. The summed E-state index contributed by atoms with van der Waals surface area (Å²) in [7, 11) is -4.30. The summed E-state index contributed by atoms with van der Waals surface area (Å²) in [6.07, 6.45) is -2.93. The van der Waals surface area contributed by atoms with Crippen LogP contribution in [0.2, 0.25) is 0 Å². The lowest BCUT2D eigenvalue weighted by Crippen LogP contribution is -2.50. The molecule has 1 amide bonds. The number of aliphatic carboxylic acids is 1. The summed E-state index contributed by atoms with van der Waals surface area (Å²) in [6.45, 7) is 6.11. The number of amides is 1. The summed E-state index contributed by atoms with van der Waals surface area (Å²) in [6, 6.07) is 9.26. The predicted molar refractivity (Wildman–Crippen MR) is 195 cm³/mol. The number of alkyl halides is 3. The molecule has 56 heavy (non-hydrogen) atoms. The highest BCUT2D eigenvalue weighted by Gasteiger charge is 2.46. The summed E-state index contributed by atoms with van der Waals surface area (Å²) in [5, 5.41) is 29.0. The van der Waals surface area contributed by atoms with Crippen LogP contribution < -0.4 is 14.8 Å². The fourth-order valence-corrected chi connectivity index (χ4v) is 8.56. The van der Waals surface area contributed by atoms with E-state index in [2.05, 4.69) is 20.5 Å². The molecule has 1 fully saturated rings. The summed E-state index contributed by atoms with van der Waals surface area (Å²) in [5.74, 6) is -4.05. The molecule has 3 N–H and O–H groups in total. The van der Waals surface area contributed by atoms with Gasteiger partial charge in [0.15, 0.2) is 12.3 Å². The third-order valence-electron chi connectivity index (χ3n) is 10.1. The summed E-state index contributed by atoms with van der Waals surface area (Å²) in [5.41, 5.74) is -0.145. The van der Waals surface area contributed by atoms with Gasteiger partial charge in [-0.05, 0) is 67.6 Å². The van der Waals surface area contributed by atoms with E-state index in [1.54, 1.807) is 32.0 Å². The first-order valence-corrected chi connectivity index (χ1v) is 18.8. The zero-order chi connectivity index (χ0) is 39.9. The number of ether oxygens (including phenoxy) is 3. The number of aryl methyl sites for hydroxylation is 2. The Morgan fingerprint density at radius 2 is 1.80 bits per heavy atom. The highest BCUT2D eigenvalue weighted by molar-refractivity contribution is 7.89. The molecule has 5 heterocycles. The van der Waals surface area contributed by atoms with Gasteiger partial charge in [-0.1, -0.05) is 25.6 Å². The van der Waals surface area contributed by atoms with Gasteiger partial charge in [-0.3, -0.25) is 14.0 Å². The Balaban J connectivity index is 0.00000600. The van der Waals surface area contributed by atoms with Crippen molar-refractivity contribution in [3.8, 4) is 11.8 Å². The number of nitrogens with one attached hydrogen (secondary N) is 1. The molecule has 19 heteroatoms. The van der Waals surface area contributed by atoms with Crippen molar-refractivity contribution in [3.05, 3.63) is 76.2 Å². The molecule has 0 saturated carbocycles. The van der Waals surface area contributed by atoms with Gasteiger partial charge < -0.3 is 29.7 Å². The molecule has 2 aliphatic rings. The molecule has 0 radical (unpaired) electrons. The summed E-state index contributed by atoms with van der Waals surface area (Å²) in [4.78, 5) is 29.0. The van der Waals surface area contributed by atoms with Crippen molar-refractivity contribution < 1.29 is 55.6 Å². The van der Waals surface area contributed by atoms with Crippen molar-refractivity contribution in [1.82, 2.24) is 29.2 Å². The minimum atomic E-state index is -4.77. The van der Waals surface area contributed by atoms with Crippen molar-refractivity contribution >= 4 is 27.5 Å². The number of carboxylic acid groups (broad SMARTS) is 1. The van der Waals surface area contributed by atoms with E-state index in [1.807, 2.05) is 0 Å². The van der Waals surface area contributed by atoms with Crippen LogP contribution in [0, 0.1) is 19.3 Å². The van der Waals surface area contributed by atoms with Crippen molar-refractivity contribution in [2.75, 3.05) is 39.5 Å². The zero-order valence-electron chi connectivity index (χ0n) is 30.5. The third kappa shape index (κ3) is 8.16. The van der Waals surface area contributed by atoms with Crippen molar-refractivity contribution in [2.24, 2.45) is 5.41 Å². The quantitative estimate of drug-likeness (QED) is 0.195. The Hall–Kier alpha value is -4.85. The van der Waals surface area contributed by atoms with Crippen LogP contribution in [-0.2, 0) is 37.1 Å². The van der Waals surface area contributed by atoms with E-state index in [9.17, 15) is 36.3 Å². The number of hydrogen-bond acceptors (Lipinski definition) is 11. The van der Waals surface area contributed by atoms with E-state index in [0.717, 1.165) is 4.40 Å². The van der Waals surface area contributed by atoms with Gasteiger partial charge in [0.2, 0.25) is 27.6 Å². The number of rotatable bonds is 11. The lowest BCUT2D eigenvalue weighted by molar-refractivity contribution is -0.147. The van der Waals surface area contributed by atoms with E-state index >= 15 is 0 Å². The van der Waals surface area contributed by atoms with Gasteiger partial charge in [0.1, 0.15) is 10.5 Å². The largest absolute Gasteiger partial charge is 0.481 e. The SMILES string of the molecule is C.Cc1ccc([C@H](c2ccn3c(C(F)(F)F)nnc3c2C)C(C)(C)C(=O)O)cc1CN1CC2(CCOCC2)Oc2nc(OCC(=O)NCCO)ccc2S1(=O)=O. The van der Waals surface area contributed by atoms with E-state index in [1.165, 1.54) is 42.5 Å². The molecular weight excluding hydrogens is 762 g/mol. The standard InChI is InChI=1S/C36H41F3N6O9S.CH4/c1-21-5-6-23(29(34(3,4)33(48)49)25-9-13-45-30(22(25)2)42-43-32(45)36(37,38)39)17-24(21)18-44-20-35(10-15-52-16-11-35)54-31-26(55(44,50)51)7-8-28(41-31)53-19-27(47)40-12-14-46;/h5-9,13,17,29,46H,10-12,14-16,18-20H2,1-4H3,(H,40,47)(H,48,49);1H4/t29-;/m1./s1. The maximum atomic E-state index is 14.5. The van der Waals surface area contributed by atoms with Crippen LogP contribution in [0.25, 0.3) is 5.65 Å². The average Bonchev–Trinajstić information content (AvgIpc) is 3.55. The van der Waals surface area contributed by atoms with Crippen LogP contribution in [0.1, 0.15) is 73.7 Å². The Morgan fingerprint density at radius 1 is 1.09 bits per heavy atom. The van der Waals surface area contributed by atoms with E-state index < -0.39 is 57.4 Å². The van der Waals surface area contributed by atoms with E-state index in [0.29, 0.717) is 53.9 Å². The van der Waals surface area contributed by atoms with Gasteiger partial charge in [-0.2, -0.15) is 22.5 Å². The van der Waals surface area contributed by atoms with Crippen molar-refractivity contribution in [1.29, 1.82) is 0 Å². The molecule has 3 aromatic heterocycles. The maximum absolute atomic E-state index is 14.5. The molecule has 4 aromatic rings. The summed E-state index contributed by atoms with van der Waals surface area (Å²) >= 11 is 0. The zero-order valence-corrected chi connectivity index (χ0v) is 31.3. The van der Waals surface area contributed by atoms with E-state index in [-0.39, 0.29) is 56.0 Å². The number of carboxylic acids is 1. The average molecular weight is 807 g/mol. The number of aromatic nitrogens is 4. The van der Waals surface area contributed by atoms with Crippen molar-refractivity contribution in [3.63, 3.8) is 0 Å². The molecule has 6 rings (SSSR count). The number of benzene rings is 1. The van der Waals surface area contributed by atoms with Crippen LogP contribution in [0.5, 0.6) is 11.8 Å². The topological polar surface area (TPSA) is 195 Å². The fraction of sp³-hybridized carbons (Fsp3) is 0.486. The first kappa shape index (κ1) is 42.3. The number of hydrogen-bond donors (Lipinski definition) is 3. The fourth-order valence-electron chi connectivity index (χ4n) is 7.02. The minimum Gasteiger partial charge on any atom is -0.481 e. The lowest BCUT2D eigenvalue weighted by Gasteiger charge is -2.38. The number of sulfonamides is 1. The molecule has 1 atom stereocenters. The Labute approximate surface area is 321 Å². The second kappa shape index (κ2) is 16.0. The second-order valence-corrected chi connectivity index (χ2v) is 16.1. The molecule has 2 aliphatic heterocycles. The monoisotopic (exact) mass is 806 g/mol. The number of aliphatic hydroxyl groups is 1. The van der Waals surface area contributed by atoms with Crippen LogP contribution >= 0.6 is 0 Å². The number of fused-ring (bicyclic) bond motifs is 2. The molecule has 0 unspecified atom stereocenters. The Morgan fingerprint density at radius 3 is 2.46 bits per heavy atom. The third-order valence-corrected chi connectivity index (χ3v) is 11.9. The summed E-state index contributed by atoms with van der Waals surface area (Å²) < 4.78 is 89.6. The number of halogens is 3. The highest BCUT2D eigenvalue weighted by atomic mass is 32.2. The second-order valence-electron chi connectivity index (χ2n) is 14.2. The molecule has 304 valence electrons. The molecule has 1 spiro atoms. The van der Waals surface area contributed by atoms with Gasteiger partial charge >= 0.3 is 12.1 Å². The molecule has 0 aliphatic carbocycles. The first-order valence-electron chi connectivity index (χ1n) is 17.4. The smallest absolute Gasteiger partial charge is 0.452 e. The Bertz CT molecular complexity index is 2220. The molecule has 1 aromatic carbocycles. The van der Waals surface area contributed by atoms with E-state index in [4.69, 9.17) is 19.3 Å². The molecule has 15 nitrogen and oxygen atoms in total. The number of aliphatic hydroxyl groups excluding tert-OH is 1. The van der Waals surface area contributed by atoms with Gasteiger partial charge in [0, 0.05) is 44.1 Å². The van der Waals surface area contributed by atoms with Gasteiger partial charge in [-0.25, -0.2) is 8.42 Å². The van der Waals surface area contributed by atoms with Crippen LogP contribution in [-0.4, -0.2) is 99.5 Å². The molecular formula is C37H45F3N6O9S. The van der Waals surface area contributed by atoms with Crippen LogP contribution in [0.15, 0.2) is 47.5 Å². The van der Waals surface area contributed by atoms with Gasteiger partial charge in [-0.15, -0.1) is 10.2 Å². The molecule has 0 bridgehead atoms. The Kier molecular flexibility index (Phi) is 12.0. The van der Waals surface area contributed by atoms with Gasteiger partial charge in [0.05, 0.1) is 31.8 Å². The highest BCUT2D eigenvalue weighted by Crippen LogP contribution is 2.45. The number of carbonyl (C=O) groups is 2. The minimum absolute atomic E-state index is 0. The number of carbonyl (C=O) groups excluding carboxylic acids is 1. The first-order chi connectivity index (χ1) is 25.9. The normalized spacial score (nSPS) is 17.3. The van der Waals surface area contributed by atoms with Crippen molar-refractivity contribution in [2.45, 2.75) is 77.1 Å². The number of nitrogens with zero attached hydrogens (tertiary/aromatic N) is 5.